The number of aliphatic hydroxyl groups is 1. The lowest BCUT2D eigenvalue weighted by Gasteiger charge is -2.25. The molecule has 0 aliphatic heterocycles. The van der Waals surface area contributed by atoms with Gasteiger partial charge in [-0.2, -0.15) is 0 Å². The summed E-state index contributed by atoms with van der Waals surface area (Å²) in [6, 6.07) is 11.7. The molecule has 0 aliphatic carbocycles. The van der Waals surface area contributed by atoms with Gasteiger partial charge < -0.3 is 20.3 Å². The molecule has 0 amide bonds. The van der Waals surface area contributed by atoms with Gasteiger partial charge in [0.05, 0.1) is 18.7 Å². The zero-order chi connectivity index (χ0) is 20.3. The maximum absolute atomic E-state index is 13.1. The summed E-state index contributed by atoms with van der Waals surface area (Å²) in [5, 5.41) is 13.7. The number of H-pyrrole nitrogens is 1. The first kappa shape index (κ1) is 20.0. The predicted molar refractivity (Wildman–Crippen MR) is 114 cm³/mol. The highest BCUT2D eigenvalue weighted by Gasteiger charge is 2.14. The minimum atomic E-state index is -0.336. The molecule has 7 heteroatoms. The minimum absolute atomic E-state index is 0.116. The molecule has 0 bridgehead atoms. The van der Waals surface area contributed by atoms with Crippen LogP contribution in [0, 0.1) is 19.7 Å². The number of aliphatic hydroxyl groups excluding tert-OH is 1. The van der Waals surface area contributed by atoms with Gasteiger partial charge in [0.1, 0.15) is 5.82 Å². The molecular weight excluding hydrogens is 377 g/mol. The van der Waals surface area contributed by atoms with Crippen LogP contribution < -0.4 is 10.9 Å². The molecule has 3 N–H and O–H groups in total. The molecule has 0 unspecified atom stereocenters. The number of benzene rings is 2. The van der Waals surface area contributed by atoms with Crippen molar-refractivity contribution in [2.75, 3.05) is 18.5 Å². The van der Waals surface area contributed by atoms with Gasteiger partial charge in [-0.15, -0.1) is 0 Å². The quantitative estimate of drug-likeness (QED) is 0.573. The molecule has 0 radical (unpaired) electrons. The van der Waals surface area contributed by atoms with Crippen molar-refractivity contribution in [3.8, 4) is 0 Å². The Kier molecular flexibility index (Phi) is 6.06. The number of thiocarbonyl (C=S) groups is 1. The summed E-state index contributed by atoms with van der Waals surface area (Å²) in [5.41, 5.74) is 3.98. The maximum atomic E-state index is 13.1. The number of nitrogens with zero attached hydrogens (tertiary/aromatic N) is 1. The number of anilines is 1. The van der Waals surface area contributed by atoms with E-state index < -0.39 is 0 Å². The summed E-state index contributed by atoms with van der Waals surface area (Å²) >= 11 is 5.43. The van der Waals surface area contributed by atoms with Crippen molar-refractivity contribution < 1.29 is 9.50 Å². The lowest BCUT2D eigenvalue weighted by Crippen LogP contribution is -2.37. The number of hydrogen-bond donors (Lipinski definition) is 3. The standard InChI is InChI=1S/C21H22FN3O2S/c1-13-3-4-15-11-16(20(27)24-19(15)14(13)2)12-25(9-10-26)21(28)23-18-7-5-17(22)6-8-18/h3-8,11,26H,9-10,12H2,1-2H3,(H,23,28)(H,24,27). The molecule has 0 saturated carbocycles. The lowest BCUT2D eigenvalue weighted by molar-refractivity contribution is 0.248. The van der Waals surface area contributed by atoms with E-state index in [0.717, 1.165) is 22.0 Å². The molecule has 0 atom stereocenters. The molecule has 0 saturated heterocycles. The van der Waals surface area contributed by atoms with E-state index in [9.17, 15) is 14.3 Å². The molecule has 1 aromatic heterocycles. The number of pyridine rings is 1. The summed E-state index contributed by atoms with van der Waals surface area (Å²) in [4.78, 5) is 17.3. The summed E-state index contributed by atoms with van der Waals surface area (Å²) in [6.07, 6.45) is 0. The average Bonchev–Trinajstić information content (AvgIpc) is 2.67. The van der Waals surface area contributed by atoms with E-state index in [1.165, 1.54) is 12.1 Å². The molecule has 1 heterocycles. The van der Waals surface area contributed by atoms with Gasteiger partial charge in [0, 0.05) is 17.8 Å². The van der Waals surface area contributed by atoms with Gasteiger partial charge in [-0.05, 0) is 72.9 Å². The Hall–Kier alpha value is -2.77. The lowest BCUT2D eigenvalue weighted by atomic mass is 10.0. The van der Waals surface area contributed by atoms with Crippen molar-refractivity contribution in [2.45, 2.75) is 20.4 Å². The highest BCUT2D eigenvalue weighted by Crippen LogP contribution is 2.19. The molecule has 5 nitrogen and oxygen atoms in total. The number of fused-ring (bicyclic) bond motifs is 1. The third kappa shape index (κ3) is 4.37. The summed E-state index contributed by atoms with van der Waals surface area (Å²) < 4.78 is 13.1. The number of aryl methyl sites for hydroxylation is 2. The highest BCUT2D eigenvalue weighted by molar-refractivity contribution is 7.80. The fourth-order valence-electron chi connectivity index (χ4n) is 3.00. The summed E-state index contributed by atoms with van der Waals surface area (Å²) in [7, 11) is 0. The third-order valence-corrected chi connectivity index (χ3v) is 5.10. The Balaban J connectivity index is 1.86. The first-order chi connectivity index (χ1) is 13.4. The molecule has 0 fully saturated rings. The van der Waals surface area contributed by atoms with Crippen LogP contribution >= 0.6 is 12.2 Å². The largest absolute Gasteiger partial charge is 0.395 e. The van der Waals surface area contributed by atoms with Crippen LogP contribution in [0.25, 0.3) is 10.9 Å². The minimum Gasteiger partial charge on any atom is -0.395 e. The van der Waals surface area contributed by atoms with Crippen molar-refractivity contribution in [3.63, 3.8) is 0 Å². The van der Waals surface area contributed by atoms with Crippen molar-refractivity contribution in [3.05, 3.63) is 75.3 Å². The van der Waals surface area contributed by atoms with Crippen LogP contribution in [-0.2, 0) is 6.54 Å². The van der Waals surface area contributed by atoms with Crippen LogP contribution in [0.2, 0.25) is 0 Å². The van der Waals surface area contributed by atoms with Gasteiger partial charge in [-0.3, -0.25) is 4.79 Å². The van der Waals surface area contributed by atoms with Crippen LogP contribution in [0.1, 0.15) is 16.7 Å². The van der Waals surface area contributed by atoms with Crippen molar-refractivity contribution in [1.82, 2.24) is 9.88 Å². The average molecular weight is 399 g/mol. The second-order valence-electron chi connectivity index (χ2n) is 6.68. The second kappa shape index (κ2) is 8.50. The fourth-order valence-corrected chi connectivity index (χ4v) is 3.28. The predicted octanol–water partition coefficient (Wildman–Crippen LogP) is 3.48. The first-order valence-corrected chi connectivity index (χ1v) is 9.34. The highest BCUT2D eigenvalue weighted by atomic mass is 32.1. The van der Waals surface area contributed by atoms with E-state index in [-0.39, 0.29) is 31.1 Å². The number of rotatable bonds is 5. The van der Waals surface area contributed by atoms with Crippen molar-refractivity contribution in [1.29, 1.82) is 0 Å². The number of aromatic nitrogens is 1. The van der Waals surface area contributed by atoms with Gasteiger partial charge in [0.2, 0.25) is 0 Å². The SMILES string of the molecule is Cc1ccc2cc(CN(CCO)C(=S)Nc3ccc(F)cc3)c(=O)[nH]c2c1C. The Morgan fingerprint density at radius 2 is 1.93 bits per heavy atom. The van der Waals surface area contributed by atoms with Gasteiger partial charge in [-0.25, -0.2) is 4.39 Å². The molecule has 2 aromatic carbocycles. The Morgan fingerprint density at radius 3 is 2.61 bits per heavy atom. The molecule has 0 spiro atoms. The van der Waals surface area contributed by atoms with E-state index in [0.29, 0.717) is 16.4 Å². The molecule has 28 heavy (non-hydrogen) atoms. The van der Waals surface area contributed by atoms with Crippen LogP contribution in [-0.4, -0.2) is 33.3 Å². The monoisotopic (exact) mass is 399 g/mol. The van der Waals surface area contributed by atoms with Crippen molar-refractivity contribution >= 4 is 33.9 Å². The van der Waals surface area contributed by atoms with Crippen LogP contribution in [0.4, 0.5) is 10.1 Å². The molecule has 3 rings (SSSR count). The first-order valence-electron chi connectivity index (χ1n) is 8.93. The number of halogens is 1. The topological polar surface area (TPSA) is 68.4 Å². The summed E-state index contributed by atoms with van der Waals surface area (Å²) in [6.45, 7) is 4.37. The third-order valence-electron chi connectivity index (χ3n) is 4.74. The Labute approximate surface area is 167 Å². The van der Waals surface area contributed by atoms with E-state index in [1.54, 1.807) is 17.0 Å². The molecular formula is C21H22FN3O2S. The van der Waals surface area contributed by atoms with E-state index in [2.05, 4.69) is 10.3 Å². The molecule has 146 valence electrons. The van der Waals surface area contributed by atoms with E-state index in [1.807, 2.05) is 32.0 Å². The smallest absolute Gasteiger partial charge is 0.253 e. The van der Waals surface area contributed by atoms with Gasteiger partial charge >= 0.3 is 0 Å². The van der Waals surface area contributed by atoms with Gasteiger partial charge in [0.25, 0.3) is 5.56 Å². The maximum Gasteiger partial charge on any atom is 0.253 e. The number of aromatic amines is 1. The zero-order valence-corrected chi connectivity index (χ0v) is 16.6. The second-order valence-corrected chi connectivity index (χ2v) is 7.06. The Bertz CT molecular complexity index is 1060. The zero-order valence-electron chi connectivity index (χ0n) is 15.8. The molecule has 3 aromatic rings. The van der Waals surface area contributed by atoms with E-state index in [4.69, 9.17) is 12.2 Å². The van der Waals surface area contributed by atoms with Gasteiger partial charge in [-0.1, -0.05) is 12.1 Å². The number of nitrogens with one attached hydrogen (secondary N) is 2. The normalized spacial score (nSPS) is 10.9. The molecule has 0 aliphatic rings. The van der Waals surface area contributed by atoms with Crippen LogP contribution in [0.5, 0.6) is 0 Å². The number of hydrogen-bond acceptors (Lipinski definition) is 3. The Morgan fingerprint density at radius 1 is 1.21 bits per heavy atom. The van der Waals surface area contributed by atoms with Crippen LogP contribution in [0.3, 0.4) is 0 Å². The van der Waals surface area contributed by atoms with E-state index >= 15 is 0 Å². The fraction of sp³-hybridized carbons (Fsp3) is 0.238. The van der Waals surface area contributed by atoms with Crippen molar-refractivity contribution in [2.24, 2.45) is 0 Å². The van der Waals surface area contributed by atoms with Gasteiger partial charge in [0.15, 0.2) is 5.11 Å². The summed E-state index contributed by atoms with van der Waals surface area (Å²) in [5.74, 6) is -0.336. The van der Waals surface area contributed by atoms with Crippen LogP contribution in [0.15, 0.2) is 47.3 Å².